The third-order valence-electron chi connectivity index (χ3n) is 5.17. The molecule has 0 atom stereocenters. The van der Waals surface area contributed by atoms with Gasteiger partial charge in [-0.2, -0.15) is 0 Å². The smallest absolute Gasteiger partial charge is 0.265 e. The summed E-state index contributed by atoms with van der Waals surface area (Å²) >= 11 is 0. The molecule has 6 nitrogen and oxygen atoms in total. The Kier molecular flexibility index (Phi) is 4.78. The van der Waals surface area contributed by atoms with Gasteiger partial charge < -0.3 is 19.9 Å². The van der Waals surface area contributed by atoms with Crippen molar-refractivity contribution in [2.45, 2.75) is 19.4 Å². The Balaban J connectivity index is 1.61. The van der Waals surface area contributed by atoms with Crippen molar-refractivity contribution in [1.29, 1.82) is 0 Å². The number of carbonyl (C=O) groups excluding carboxylic acids is 2. The number of para-hydroxylation sites is 2. The lowest BCUT2D eigenvalue weighted by Gasteiger charge is -2.41. The largest absolute Gasteiger partial charge is 0.482 e. The first kappa shape index (κ1) is 19.1. The number of ether oxygens (including phenoxy) is 1. The van der Waals surface area contributed by atoms with Crippen molar-refractivity contribution in [1.82, 2.24) is 0 Å². The summed E-state index contributed by atoms with van der Waals surface area (Å²) in [5.74, 6) is 0.466. The number of carbonyl (C=O) groups is 2. The van der Waals surface area contributed by atoms with E-state index in [4.69, 9.17) is 4.74 Å². The second kappa shape index (κ2) is 7.28. The maximum absolute atomic E-state index is 13.1. The number of benzene rings is 2. The first-order valence-corrected chi connectivity index (χ1v) is 9.71. The normalized spacial score (nSPS) is 17.0. The first-order chi connectivity index (χ1) is 13.9. The summed E-state index contributed by atoms with van der Waals surface area (Å²) in [6.07, 6.45) is 1.67. The minimum Gasteiger partial charge on any atom is -0.482 e. The number of amides is 1. The number of rotatable bonds is 5. The van der Waals surface area contributed by atoms with Crippen LogP contribution in [0.4, 0.5) is 17.1 Å². The van der Waals surface area contributed by atoms with Crippen LogP contribution in [0.2, 0.25) is 0 Å². The lowest BCUT2D eigenvalue weighted by molar-refractivity contribution is -0.121. The minimum absolute atomic E-state index is 0.000771. The summed E-state index contributed by atoms with van der Waals surface area (Å²) < 4.78 is 5.52. The molecule has 1 N–H and O–H groups in total. The molecule has 2 aromatic rings. The van der Waals surface area contributed by atoms with Crippen molar-refractivity contribution in [3.05, 3.63) is 60.7 Å². The fourth-order valence-electron chi connectivity index (χ4n) is 3.93. The monoisotopic (exact) mass is 391 g/mol. The van der Waals surface area contributed by atoms with E-state index in [2.05, 4.69) is 30.6 Å². The summed E-state index contributed by atoms with van der Waals surface area (Å²) in [6.45, 7) is 9.31. The molecule has 0 bridgehead atoms. The molecule has 0 aliphatic carbocycles. The van der Waals surface area contributed by atoms with E-state index >= 15 is 0 Å². The molecule has 1 amide bonds. The van der Waals surface area contributed by atoms with Gasteiger partial charge >= 0.3 is 0 Å². The molecule has 0 saturated heterocycles. The van der Waals surface area contributed by atoms with E-state index in [1.165, 1.54) is 0 Å². The fraction of sp³-hybridized carbons (Fsp3) is 0.304. The zero-order valence-corrected chi connectivity index (χ0v) is 16.8. The number of hydrogen-bond donors (Lipinski definition) is 1. The van der Waals surface area contributed by atoms with Gasteiger partial charge in [0.15, 0.2) is 12.4 Å². The standard InChI is InChI=1S/C23H25N3O3/c1-4-11-26-19-12-16(9-10-21(19)29-14-22(26)28)20(27)13-25-15-23(2,3)24-17-7-5-6-8-18(17)25/h4-10,12,24H,1,11,13-15H2,2-3H3. The molecule has 150 valence electrons. The van der Waals surface area contributed by atoms with Gasteiger partial charge in [0.2, 0.25) is 0 Å². The molecule has 29 heavy (non-hydrogen) atoms. The summed E-state index contributed by atoms with van der Waals surface area (Å²) in [6, 6.07) is 13.3. The Hall–Kier alpha value is -3.28. The highest BCUT2D eigenvalue weighted by Crippen LogP contribution is 2.35. The van der Waals surface area contributed by atoms with Crippen molar-refractivity contribution in [3.63, 3.8) is 0 Å². The van der Waals surface area contributed by atoms with Gasteiger partial charge in [-0.25, -0.2) is 0 Å². The van der Waals surface area contributed by atoms with Crippen LogP contribution in [0.5, 0.6) is 5.75 Å². The number of nitrogens with zero attached hydrogens (tertiary/aromatic N) is 2. The van der Waals surface area contributed by atoms with Crippen molar-refractivity contribution >= 4 is 28.8 Å². The van der Waals surface area contributed by atoms with Crippen molar-refractivity contribution < 1.29 is 14.3 Å². The van der Waals surface area contributed by atoms with Crippen molar-refractivity contribution in [2.75, 3.05) is 41.4 Å². The van der Waals surface area contributed by atoms with Gasteiger partial charge in [-0.1, -0.05) is 18.2 Å². The maximum atomic E-state index is 13.1. The molecule has 0 radical (unpaired) electrons. The molecule has 0 spiro atoms. The predicted molar refractivity (Wildman–Crippen MR) is 115 cm³/mol. The van der Waals surface area contributed by atoms with Gasteiger partial charge in [0, 0.05) is 24.2 Å². The minimum atomic E-state index is -0.147. The average Bonchev–Trinajstić information content (AvgIpc) is 2.69. The van der Waals surface area contributed by atoms with Crippen molar-refractivity contribution in [2.24, 2.45) is 0 Å². The van der Waals surface area contributed by atoms with Gasteiger partial charge in [0.25, 0.3) is 5.91 Å². The predicted octanol–water partition coefficient (Wildman–Crippen LogP) is 3.49. The van der Waals surface area contributed by atoms with Crippen LogP contribution in [-0.4, -0.2) is 43.5 Å². The van der Waals surface area contributed by atoms with Gasteiger partial charge in [-0.15, -0.1) is 6.58 Å². The lowest BCUT2D eigenvalue weighted by atomic mass is 9.98. The van der Waals surface area contributed by atoms with E-state index in [0.717, 1.165) is 11.4 Å². The molecule has 0 saturated carbocycles. The molecule has 0 unspecified atom stereocenters. The van der Waals surface area contributed by atoms with Crippen LogP contribution in [0, 0.1) is 0 Å². The SMILES string of the molecule is C=CCN1C(=O)COc2ccc(C(=O)CN3CC(C)(C)Nc4ccccc43)cc21. The average molecular weight is 391 g/mol. The van der Waals surface area contributed by atoms with Crippen LogP contribution in [0.15, 0.2) is 55.1 Å². The third kappa shape index (κ3) is 3.70. The number of fused-ring (bicyclic) bond motifs is 2. The Morgan fingerprint density at radius 3 is 2.83 bits per heavy atom. The van der Waals surface area contributed by atoms with Crippen LogP contribution in [0.25, 0.3) is 0 Å². The molecular formula is C23H25N3O3. The number of hydrogen-bond acceptors (Lipinski definition) is 5. The van der Waals surface area contributed by atoms with Crippen LogP contribution in [0.1, 0.15) is 24.2 Å². The van der Waals surface area contributed by atoms with Crippen LogP contribution >= 0.6 is 0 Å². The van der Waals surface area contributed by atoms with E-state index in [0.29, 0.717) is 30.1 Å². The lowest BCUT2D eigenvalue weighted by Crippen LogP contribution is -2.50. The quantitative estimate of drug-likeness (QED) is 0.624. The Morgan fingerprint density at radius 2 is 2.03 bits per heavy atom. The Bertz CT molecular complexity index is 983. The fourth-order valence-corrected chi connectivity index (χ4v) is 3.93. The number of anilines is 3. The van der Waals surface area contributed by atoms with Gasteiger partial charge in [0.1, 0.15) is 5.75 Å². The zero-order valence-electron chi connectivity index (χ0n) is 16.8. The summed E-state index contributed by atoms with van der Waals surface area (Å²) in [4.78, 5) is 29.1. The zero-order chi connectivity index (χ0) is 20.6. The highest BCUT2D eigenvalue weighted by atomic mass is 16.5. The van der Waals surface area contributed by atoms with Crippen molar-refractivity contribution in [3.8, 4) is 5.75 Å². The van der Waals surface area contributed by atoms with Crippen LogP contribution in [0.3, 0.4) is 0 Å². The van der Waals surface area contributed by atoms with E-state index in [9.17, 15) is 9.59 Å². The van der Waals surface area contributed by atoms with Gasteiger partial charge in [-0.3, -0.25) is 9.59 Å². The topological polar surface area (TPSA) is 61.9 Å². The third-order valence-corrected chi connectivity index (χ3v) is 5.17. The molecule has 2 aliphatic rings. The highest BCUT2D eigenvalue weighted by Gasteiger charge is 2.31. The Labute approximate surface area is 170 Å². The Morgan fingerprint density at radius 1 is 1.24 bits per heavy atom. The van der Waals surface area contributed by atoms with E-state index in [1.54, 1.807) is 29.2 Å². The van der Waals surface area contributed by atoms with E-state index in [-0.39, 0.29) is 30.4 Å². The molecular weight excluding hydrogens is 366 g/mol. The first-order valence-electron chi connectivity index (χ1n) is 9.71. The molecule has 2 heterocycles. The second-order valence-electron chi connectivity index (χ2n) is 8.07. The molecule has 4 rings (SSSR count). The maximum Gasteiger partial charge on any atom is 0.265 e. The summed E-state index contributed by atoms with van der Waals surface area (Å²) in [7, 11) is 0. The number of Topliss-reactive ketones (excluding diaryl/α,β-unsaturated/α-hetero) is 1. The summed E-state index contributed by atoms with van der Waals surface area (Å²) in [5.41, 5.74) is 3.08. The molecule has 2 aliphatic heterocycles. The molecule has 2 aromatic carbocycles. The van der Waals surface area contributed by atoms with Gasteiger partial charge in [-0.05, 0) is 44.2 Å². The molecule has 0 fully saturated rings. The van der Waals surface area contributed by atoms with E-state index in [1.807, 2.05) is 24.3 Å². The van der Waals surface area contributed by atoms with Gasteiger partial charge in [0.05, 0.1) is 23.6 Å². The van der Waals surface area contributed by atoms with Crippen LogP contribution in [-0.2, 0) is 4.79 Å². The highest BCUT2D eigenvalue weighted by molar-refractivity contribution is 6.03. The summed E-state index contributed by atoms with van der Waals surface area (Å²) in [5, 5.41) is 3.52. The second-order valence-corrected chi connectivity index (χ2v) is 8.07. The number of ketones is 1. The molecule has 6 heteroatoms. The molecule has 0 aromatic heterocycles. The van der Waals surface area contributed by atoms with Crippen LogP contribution < -0.4 is 19.9 Å². The van der Waals surface area contributed by atoms with E-state index < -0.39 is 0 Å². The number of nitrogens with one attached hydrogen (secondary N) is 1.